The van der Waals surface area contributed by atoms with Crippen molar-refractivity contribution in [1.82, 2.24) is 9.97 Å². The van der Waals surface area contributed by atoms with E-state index in [-0.39, 0.29) is 16.8 Å². The third kappa shape index (κ3) is 5.35. The Balaban J connectivity index is 1.55. The van der Waals surface area contributed by atoms with Crippen molar-refractivity contribution in [2.45, 2.75) is 51.3 Å². The Bertz CT molecular complexity index is 1290. The van der Waals surface area contributed by atoms with Crippen LogP contribution in [0, 0.1) is 0 Å². The van der Waals surface area contributed by atoms with Crippen molar-refractivity contribution in [3.05, 3.63) is 71.9 Å². The number of carbonyl (C=O) groups is 1. The highest BCUT2D eigenvalue weighted by Crippen LogP contribution is 2.39. The predicted molar refractivity (Wildman–Crippen MR) is 160 cm³/mol. The summed E-state index contributed by atoms with van der Waals surface area (Å²) in [7, 11) is -2.86. The average molecular weight is 581 g/mol. The maximum atomic E-state index is 13.4. The zero-order valence-corrected chi connectivity index (χ0v) is 25.5. The van der Waals surface area contributed by atoms with Gasteiger partial charge in [-0.25, -0.2) is 9.78 Å². The van der Waals surface area contributed by atoms with Crippen molar-refractivity contribution in [2.24, 2.45) is 0 Å². The summed E-state index contributed by atoms with van der Waals surface area (Å²) in [5, 5.41) is 2.39. The molecule has 1 aromatic heterocycles. The van der Waals surface area contributed by atoms with Crippen molar-refractivity contribution >= 4 is 48.2 Å². The molecule has 2 fully saturated rings. The van der Waals surface area contributed by atoms with Crippen molar-refractivity contribution in [3.63, 3.8) is 0 Å². The van der Waals surface area contributed by atoms with Crippen molar-refractivity contribution in [3.8, 4) is 0 Å². The lowest BCUT2D eigenvalue weighted by molar-refractivity contribution is 0.0561. The Kier molecular flexibility index (Phi) is 7.94. The Hall–Kier alpha value is -2.98. The fourth-order valence-corrected chi connectivity index (χ4v) is 10.4. The Morgan fingerprint density at radius 1 is 1.00 bits per heavy atom. The van der Waals surface area contributed by atoms with Crippen LogP contribution in [0.15, 0.2) is 66.7 Å². The largest absolute Gasteiger partial charge is 0.441 e. The van der Waals surface area contributed by atoms with Crippen LogP contribution in [0.25, 0.3) is 0 Å². The Morgan fingerprint density at radius 3 is 2.12 bits per heavy atom. The summed E-state index contributed by atoms with van der Waals surface area (Å²) in [4.78, 5) is 26.2. The summed E-state index contributed by atoms with van der Waals surface area (Å²) in [5.74, 6) is 0.864. The van der Waals surface area contributed by atoms with Gasteiger partial charge in [-0.1, -0.05) is 93.0 Å². The molecule has 1 amide bonds. The van der Waals surface area contributed by atoms with Gasteiger partial charge in [-0.3, -0.25) is 4.90 Å². The van der Waals surface area contributed by atoms with Crippen LogP contribution in [0.4, 0.5) is 16.6 Å². The van der Waals surface area contributed by atoms with Gasteiger partial charge in [0.05, 0.1) is 19.8 Å². The molecule has 3 aromatic rings. The lowest BCUT2D eigenvalue weighted by Gasteiger charge is -2.44. The first kappa shape index (κ1) is 28.5. The van der Waals surface area contributed by atoms with Crippen LogP contribution in [0.1, 0.15) is 34.6 Å². The summed E-state index contributed by atoms with van der Waals surface area (Å²) in [6.45, 7) is 13.2. The Morgan fingerprint density at radius 2 is 1.57 bits per heavy atom. The van der Waals surface area contributed by atoms with Crippen LogP contribution < -0.4 is 20.2 Å². The van der Waals surface area contributed by atoms with Crippen LogP contribution in [-0.4, -0.2) is 68.9 Å². The lowest BCUT2D eigenvalue weighted by atomic mass is 10.00. The van der Waals surface area contributed by atoms with E-state index in [2.05, 4.69) is 74.3 Å². The van der Waals surface area contributed by atoms with Gasteiger partial charge in [0.1, 0.15) is 22.6 Å². The molecular weight excluding hydrogens is 544 g/mol. The molecule has 0 saturated carbocycles. The number of cyclic esters (lactones) is 1. The summed E-state index contributed by atoms with van der Waals surface area (Å²) in [6, 6.07) is 22.1. The van der Waals surface area contributed by atoms with E-state index in [1.54, 1.807) is 11.0 Å². The highest BCUT2D eigenvalue weighted by molar-refractivity contribution is 6.99. The van der Waals surface area contributed by atoms with Gasteiger partial charge in [0.2, 0.25) is 5.95 Å². The number of carbonyl (C=O) groups excluding carboxylic acids is 1. The van der Waals surface area contributed by atoms with Gasteiger partial charge in [-0.05, 0) is 29.3 Å². The minimum absolute atomic E-state index is 0.212. The van der Waals surface area contributed by atoms with Crippen molar-refractivity contribution < 1.29 is 18.7 Å². The van der Waals surface area contributed by atoms with Crippen LogP contribution >= 0.6 is 11.6 Å². The fourth-order valence-electron chi connectivity index (χ4n) is 5.70. The van der Waals surface area contributed by atoms with E-state index in [0.717, 1.165) is 0 Å². The van der Waals surface area contributed by atoms with E-state index in [1.165, 1.54) is 10.4 Å². The molecule has 0 radical (unpaired) electrons. The maximum absolute atomic E-state index is 13.4. The first-order chi connectivity index (χ1) is 19.0. The molecule has 40 heavy (non-hydrogen) atoms. The smallest absolute Gasteiger partial charge is 0.416 e. The molecule has 2 saturated heterocycles. The van der Waals surface area contributed by atoms with Crippen molar-refractivity contribution in [2.75, 3.05) is 42.7 Å². The molecule has 0 bridgehead atoms. The highest BCUT2D eigenvalue weighted by Gasteiger charge is 2.54. The number of hydrogen-bond acceptors (Lipinski definition) is 7. The normalized spacial score (nSPS) is 19.6. The zero-order valence-electron chi connectivity index (χ0n) is 23.8. The van der Waals surface area contributed by atoms with E-state index in [9.17, 15) is 4.79 Å². The molecule has 0 unspecified atom stereocenters. The third-order valence-corrected chi connectivity index (χ3v) is 12.9. The minimum Gasteiger partial charge on any atom is -0.441 e. The maximum Gasteiger partial charge on any atom is 0.416 e. The van der Waals surface area contributed by atoms with Crippen LogP contribution in [0.3, 0.4) is 0 Å². The van der Waals surface area contributed by atoms with Gasteiger partial charge in [-0.15, -0.1) is 0 Å². The van der Waals surface area contributed by atoms with Gasteiger partial charge in [-0.2, -0.15) is 4.98 Å². The molecular formula is C30H37ClN4O4Si. The van der Waals surface area contributed by atoms with Gasteiger partial charge < -0.3 is 18.8 Å². The number of ether oxygens (including phenoxy) is 2. The van der Waals surface area contributed by atoms with Crippen LogP contribution in [-0.2, 0) is 13.9 Å². The van der Waals surface area contributed by atoms with Gasteiger partial charge in [0.25, 0.3) is 8.32 Å². The number of rotatable bonds is 7. The molecule has 3 heterocycles. The quantitative estimate of drug-likeness (QED) is 0.297. The van der Waals surface area contributed by atoms with E-state index in [1.807, 2.05) is 30.9 Å². The first-order valence-corrected chi connectivity index (χ1v) is 16.0. The summed E-state index contributed by atoms with van der Waals surface area (Å²) in [6.07, 6.45) is -0.483. The van der Waals surface area contributed by atoms with Crippen molar-refractivity contribution in [1.29, 1.82) is 0 Å². The lowest BCUT2D eigenvalue weighted by Crippen LogP contribution is -2.67. The van der Waals surface area contributed by atoms with Gasteiger partial charge in [0, 0.05) is 19.2 Å². The fraction of sp³-hybridized carbons (Fsp3) is 0.433. The van der Waals surface area contributed by atoms with Gasteiger partial charge >= 0.3 is 6.09 Å². The topological polar surface area (TPSA) is 77.0 Å². The van der Waals surface area contributed by atoms with E-state index in [0.29, 0.717) is 38.1 Å². The standard InChI is InChI=1S/C30H37ClN4O4Si/c1-29(2,3)40(22-12-8-6-9-13-22,23-14-10-7-11-15-23)38-21-24-30(4,5)39-28(36)35(24)26-20-25(31)32-27(33-26)34-16-18-37-19-17-34/h6-15,20,24H,16-19,21H2,1-5H3/t24-/m0/s1. The van der Waals surface area contributed by atoms with Gasteiger partial charge in [0.15, 0.2) is 0 Å². The second kappa shape index (κ2) is 11.1. The third-order valence-electron chi connectivity index (χ3n) is 7.75. The summed E-state index contributed by atoms with van der Waals surface area (Å²) < 4.78 is 18.6. The number of amides is 1. The molecule has 0 spiro atoms. The summed E-state index contributed by atoms with van der Waals surface area (Å²) in [5.41, 5.74) is -0.834. The molecule has 2 aliphatic rings. The van der Waals surface area contributed by atoms with Crippen LogP contribution in [0.5, 0.6) is 0 Å². The molecule has 8 nitrogen and oxygen atoms in total. The highest BCUT2D eigenvalue weighted by atomic mass is 35.5. The molecule has 0 N–H and O–H groups in total. The SMILES string of the molecule is CC1(C)OC(=O)N(c2cc(Cl)nc(N3CCOCC3)n2)[C@H]1CO[Si](c1ccccc1)(c1ccccc1)C(C)(C)C. The van der Waals surface area contributed by atoms with E-state index >= 15 is 0 Å². The molecule has 2 aromatic carbocycles. The zero-order chi connectivity index (χ0) is 28.5. The number of morpholine rings is 1. The number of nitrogens with zero attached hydrogens (tertiary/aromatic N) is 4. The molecule has 5 rings (SSSR count). The first-order valence-electron chi connectivity index (χ1n) is 13.7. The number of aromatic nitrogens is 2. The second-order valence-electron chi connectivity index (χ2n) is 11.8. The van der Waals surface area contributed by atoms with Crippen LogP contribution in [0.2, 0.25) is 10.2 Å². The number of benzene rings is 2. The molecule has 1 atom stereocenters. The van der Waals surface area contributed by atoms with E-state index in [4.69, 9.17) is 30.5 Å². The minimum atomic E-state index is -2.86. The average Bonchev–Trinajstić information content (AvgIpc) is 3.16. The molecule has 0 aliphatic carbocycles. The summed E-state index contributed by atoms with van der Waals surface area (Å²) >= 11 is 6.47. The molecule has 10 heteroatoms. The number of hydrogen-bond donors (Lipinski definition) is 0. The number of anilines is 2. The predicted octanol–water partition coefficient (Wildman–Crippen LogP) is 4.65. The molecule has 2 aliphatic heterocycles. The molecule has 212 valence electrons. The Labute approximate surface area is 242 Å². The number of halogens is 1. The monoisotopic (exact) mass is 580 g/mol. The van der Waals surface area contributed by atoms with E-state index < -0.39 is 26.1 Å². The second-order valence-corrected chi connectivity index (χ2v) is 16.5.